The zero-order chi connectivity index (χ0) is 12.7. The Kier molecular flexibility index (Phi) is 2.99. The zero-order valence-electron chi connectivity index (χ0n) is 11.2. The molecule has 1 saturated heterocycles. The molecule has 1 N–H and O–H groups in total. The van der Waals surface area contributed by atoms with Gasteiger partial charge in [-0.05, 0) is 34.1 Å². The van der Waals surface area contributed by atoms with E-state index in [0.717, 1.165) is 6.42 Å². The lowest BCUT2D eigenvalue weighted by Gasteiger charge is -2.27. The van der Waals surface area contributed by atoms with Crippen LogP contribution >= 0.6 is 0 Å². The summed E-state index contributed by atoms with van der Waals surface area (Å²) in [6, 6.07) is 0.302. The van der Waals surface area contributed by atoms with Crippen LogP contribution in [0.3, 0.4) is 0 Å². The highest BCUT2D eigenvalue weighted by Gasteiger charge is 2.45. The first-order valence-corrected chi connectivity index (χ1v) is 6.01. The van der Waals surface area contributed by atoms with Gasteiger partial charge in [0.2, 0.25) is 5.89 Å². The van der Waals surface area contributed by atoms with Gasteiger partial charge in [0.05, 0.1) is 17.7 Å². The average Bonchev–Trinajstić information content (AvgIpc) is 2.64. The van der Waals surface area contributed by atoms with E-state index in [0.29, 0.717) is 24.3 Å². The van der Waals surface area contributed by atoms with Crippen molar-refractivity contribution in [2.75, 3.05) is 0 Å². The second-order valence-electron chi connectivity index (χ2n) is 5.83. The summed E-state index contributed by atoms with van der Waals surface area (Å²) < 4.78 is 11.0. The van der Waals surface area contributed by atoms with Crippen LogP contribution in [-0.2, 0) is 11.3 Å². The van der Waals surface area contributed by atoms with Crippen molar-refractivity contribution in [3.63, 3.8) is 0 Å². The third-order valence-corrected chi connectivity index (χ3v) is 3.15. The Hall–Kier alpha value is -0.940. The van der Waals surface area contributed by atoms with Crippen LogP contribution in [-0.4, -0.2) is 27.4 Å². The number of rotatable bonds is 3. The summed E-state index contributed by atoms with van der Waals surface area (Å²) in [5, 5.41) is 7.32. The maximum Gasteiger partial charge on any atom is 0.223 e. The highest BCUT2D eigenvalue weighted by atomic mass is 16.5. The summed E-state index contributed by atoms with van der Waals surface area (Å²) in [7, 11) is 0. The molecule has 2 rings (SSSR count). The van der Waals surface area contributed by atoms with Gasteiger partial charge in [-0.15, -0.1) is 0 Å². The number of nitrogens with one attached hydrogen (secondary N) is 1. The molecular weight excluding hydrogens is 218 g/mol. The molecule has 0 unspecified atom stereocenters. The minimum Gasteiger partial charge on any atom is -0.368 e. The standard InChI is InChI=1S/C12H21N3O2/c1-8-14-10(15-16-8)7-13-9-6-11(2,3)17-12(9,4)5/h9,13H,6-7H2,1-5H3/t9-/m1/s1. The molecular formula is C12H21N3O2. The normalized spacial score (nSPS) is 26.3. The largest absolute Gasteiger partial charge is 0.368 e. The first-order valence-electron chi connectivity index (χ1n) is 6.01. The van der Waals surface area contributed by atoms with E-state index < -0.39 is 0 Å². The number of nitrogens with zero attached hydrogens (tertiary/aromatic N) is 2. The third-order valence-electron chi connectivity index (χ3n) is 3.15. The lowest BCUT2D eigenvalue weighted by molar-refractivity contribution is -0.0699. The number of hydrogen-bond acceptors (Lipinski definition) is 5. The molecule has 0 aromatic carbocycles. The van der Waals surface area contributed by atoms with Crippen LogP contribution in [0.2, 0.25) is 0 Å². The molecule has 5 heteroatoms. The summed E-state index contributed by atoms with van der Waals surface area (Å²) in [6.07, 6.45) is 0.983. The van der Waals surface area contributed by atoms with E-state index in [1.165, 1.54) is 0 Å². The highest BCUT2D eigenvalue weighted by Crippen LogP contribution is 2.37. The maximum absolute atomic E-state index is 6.02. The Balaban J connectivity index is 1.95. The molecule has 0 amide bonds. The van der Waals surface area contributed by atoms with E-state index in [9.17, 15) is 0 Å². The zero-order valence-corrected chi connectivity index (χ0v) is 11.2. The Morgan fingerprint density at radius 3 is 2.53 bits per heavy atom. The molecule has 5 nitrogen and oxygen atoms in total. The molecule has 1 atom stereocenters. The molecule has 1 aromatic heterocycles. The van der Waals surface area contributed by atoms with Crippen LogP contribution in [0.1, 0.15) is 45.8 Å². The van der Waals surface area contributed by atoms with E-state index in [1.807, 2.05) is 0 Å². The van der Waals surface area contributed by atoms with Crippen molar-refractivity contribution in [3.8, 4) is 0 Å². The molecule has 17 heavy (non-hydrogen) atoms. The lowest BCUT2D eigenvalue weighted by Crippen LogP contribution is -2.43. The van der Waals surface area contributed by atoms with E-state index in [-0.39, 0.29) is 11.2 Å². The summed E-state index contributed by atoms with van der Waals surface area (Å²) in [5.74, 6) is 1.30. The predicted molar refractivity (Wildman–Crippen MR) is 63.5 cm³/mol. The summed E-state index contributed by atoms with van der Waals surface area (Å²) in [6.45, 7) is 10.9. The second kappa shape index (κ2) is 4.07. The van der Waals surface area contributed by atoms with Gasteiger partial charge in [-0.2, -0.15) is 4.98 Å². The van der Waals surface area contributed by atoms with Crippen LogP contribution in [0.5, 0.6) is 0 Å². The molecule has 0 saturated carbocycles. The average molecular weight is 239 g/mol. The Bertz CT molecular complexity index is 398. The van der Waals surface area contributed by atoms with Gasteiger partial charge >= 0.3 is 0 Å². The third kappa shape index (κ3) is 2.84. The molecule has 2 heterocycles. The number of ether oxygens (including phenoxy) is 1. The molecule has 1 aliphatic heterocycles. The first kappa shape index (κ1) is 12.5. The molecule has 1 aliphatic rings. The summed E-state index contributed by atoms with van der Waals surface area (Å²) >= 11 is 0. The first-order chi connectivity index (χ1) is 7.78. The predicted octanol–water partition coefficient (Wildman–Crippen LogP) is 1.81. The topological polar surface area (TPSA) is 60.2 Å². The Morgan fingerprint density at radius 1 is 1.35 bits per heavy atom. The molecule has 0 aliphatic carbocycles. The number of aromatic nitrogens is 2. The summed E-state index contributed by atoms with van der Waals surface area (Å²) in [4.78, 5) is 4.17. The van der Waals surface area contributed by atoms with Crippen LogP contribution in [0.15, 0.2) is 4.52 Å². The van der Waals surface area contributed by atoms with Gasteiger partial charge in [-0.1, -0.05) is 5.16 Å². The van der Waals surface area contributed by atoms with Crippen LogP contribution in [0.4, 0.5) is 0 Å². The van der Waals surface area contributed by atoms with Crippen molar-refractivity contribution in [2.45, 2.75) is 64.8 Å². The smallest absolute Gasteiger partial charge is 0.223 e. The van der Waals surface area contributed by atoms with E-state index >= 15 is 0 Å². The van der Waals surface area contributed by atoms with E-state index in [4.69, 9.17) is 9.26 Å². The lowest BCUT2D eigenvalue weighted by atomic mass is 9.94. The summed E-state index contributed by atoms with van der Waals surface area (Å²) in [5.41, 5.74) is -0.239. The monoisotopic (exact) mass is 239 g/mol. The van der Waals surface area contributed by atoms with Gasteiger partial charge in [-0.25, -0.2) is 0 Å². The van der Waals surface area contributed by atoms with Gasteiger partial charge < -0.3 is 14.6 Å². The van der Waals surface area contributed by atoms with E-state index in [2.05, 4.69) is 43.2 Å². The SMILES string of the molecule is Cc1nc(CN[C@@H]2CC(C)(C)OC2(C)C)no1. The number of hydrogen-bond donors (Lipinski definition) is 1. The van der Waals surface area contributed by atoms with Gasteiger partial charge in [0, 0.05) is 13.0 Å². The number of aryl methyl sites for hydroxylation is 1. The van der Waals surface area contributed by atoms with Crippen molar-refractivity contribution >= 4 is 0 Å². The minimum atomic E-state index is -0.164. The molecule has 0 spiro atoms. The van der Waals surface area contributed by atoms with Crippen molar-refractivity contribution in [1.82, 2.24) is 15.5 Å². The van der Waals surface area contributed by atoms with Gasteiger partial charge in [0.25, 0.3) is 0 Å². The Labute approximate surface area is 102 Å². The van der Waals surface area contributed by atoms with Crippen LogP contribution in [0, 0.1) is 6.92 Å². The van der Waals surface area contributed by atoms with Gasteiger partial charge in [0.1, 0.15) is 0 Å². The fraction of sp³-hybridized carbons (Fsp3) is 0.833. The molecule has 1 aromatic rings. The molecule has 0 bridgehead atoms. The molecule has 1 fully saturated rings. The van der Waals surface area contributed by atoms with Crippen molar-refractivity contribution in [2.24, 2.45) is 0 Å². The molecule has 0 radical (unpaired) electrons. The van der Waals surface area contributed by atoms with Crippen molar-refractivity contribution in [3.05, 3.63) is 11.7 Å². The quantitative estimate of drug-likeness (QED) is 0.871. The Morgan fingerprint density at radius 2 is 2.06 bits per heavy atom. The maximum atomic E-state index is 6.02. The van der Waals surface area contributed by atoms with Crippen molar-refractivity contribution < 1.29 is 9.26 Å². The van der Waals surface area contributed by atoms with E-state index in [1.54, 1.807) is 6.92 Å². The van der Waals surface area contributed by atoms with Gasteiger partial charge in [-0.3, -0.25) is 0 Å². The fourth-order valence-electron chi connectivity index (χ4n) is 2.51. The van der Waals surface area contributed by atoms with Gasteiger partial charge in [0.15, 0.2) is 5.82 Å². The van der Waals surface area contributed by atoms with Crippen molar-refractivity contribution in [1.29, 1.82) is 0 Å². The van der Waals surface area contributed by atoms with Crippen LogP contribution in [0.25, 0.3) is 0 Å². The molecule has 96 valence electrons. The van der Waals surface area contributed by atoms with Crippen LogP contribution < -0.4 is 5.32 Å². The second-order valence-corrected chi connectivity index (χ2v) is 5.83. The fourth-order valence-corrected chi connectivity index (χ4v) is 2.51. The highest BCUT2D eigenvalue weighted by molar-refractivity contribution is 4.99. The minimum absolute atomic E-state index is 0.0751.